The zero-order valence-electron chi connectivity index (χ0n) is 9.08. The van der Waals surface area contributed by atoms with Gasteiger partial charge in [0, 0.05) is 25.2 Å². The van der Waals surface area contributed by atoms with Crippen LogP contribution in [0.25, 0.3) is 0 Å². The van der Waals surface area contributed by atoms with Gasteiger partial charge in [0.15, 0.2) is 0 Å². The molecule has 3 nitrogen and oxygen atoms in total. The fourth-order valence-electron chi connectivity index (χ4n) is 1.86. The molecule has 1 N–H and O–H groups in total. The summed E-state index contributed by atoms with van der Waals surface area (Å²) in [5.41, 5.74) is 0.647. The van der Waals surface area contributed by atoms with Crippen LogP contribution in [0.1, 0.15) is 12.8 Å². The predicted octanol–water partition coefficient (Wildman–Crippen LogP) is 1.54. The fraction of sp³-hybridized carbons (Fsp3) is 0.417. The van der Waals surface area contributed by atoms with E-state index >= 15 is 0 Å². The summed E-state index contributed by atoms with van der Waals surface area (Å²) in [6.45, 7) is 2.23. The molecule has 0 aliphatic carbocycles. The largest absolute Gasteiger partial charge is 0.315 e. The van der Waals surface area contributed by atoms with Crippen LogP contribution in [0.5, 0.6) is 0 Å². The maximum atomic E-state index is 13.1. The second-order valence-corrected chi connectivity index (χ2v) is 3.88. The molecule has 1 amide bonds. The van der Waals surface area contributed by atoms with Crippen LogP contribution >= 0.6 is 0 Å². The minimum absolute atomic E-state index is 0.0760. The molecule has 1 aromatic carbocycles. The van der Waals surface area contributed by atoms with Gasteiger partial charge in [-0.15, -0.1) is 0 Å². The summed E-state index contributed by atoms with van der Waals surface area (Å²) in [5, 5.41) is 3.23. The zero-order valence-corrected chi connectivity index (χ0v) is 9.08. The van der Waals surface area contributed by atoms with Crippen LogP contribution in [0.4, 0.5) is 10.1 Å². The number of carbonyl (C=O) groups is 1. The van der Waals surface area contributed by atoms with Gasteiger partial charge in [-0.05, 0) is 31.2 Å². The number of nitrogens with zero attached hydrogens (tertiary/aromatic N) is 1. The first-order chi connectivity index (χ1) is 7.77. The third kappa shape index (κ3) is 2.58. The Morgan fingerprint density at radius 2 is 2.19 bits per heavy atom. The first-order valence-electron chi connectivity index (χ1n) is 5.54. The van der Waals surface area contributed by atoms with E-state index < -0.39 is 0 Å². The van der Waals surface area contributed by atoms with Crippen LogP contribution in [-0.4, -0.2) is 25.5 Å². The van der Waals surface area contributed by atoms with Crippen LogP contribution in [0.15, 0.2) is 24.3 Å². The highest BCUT2D eigenvalue weighted by Gasteiger charge is 2.17. The molecule has 0 bridgehead atoms. The van der Waals surface area contributed by atoms with Gasteiger partial charge in [0.2, 0.25) is 5.91 Å². The number of rotatable bonds is 1. The van der Waals surface area contributed by atoms with E-state index in [9.17, 15) is 9.18 Å². The first-order valence-corrected chi connectivity index (χ1v) is 5.54. The zero-order chi connectivity index (χ0) is 11.4. The number of amides is 1. The molecule has 86 valence electrons. The average Bonchev–Trinajstić information content (AvgIpc) is 2.24. The van der Waals surface area contributed by atoms with Gasteiger partial charge >= 0.3 is 0 Å². The maximum Gasteiger partial charge on any atom is 0.227 e. The lowest BCUT2D eigenvalue weighted by molar-refractivity contribution is -0.118. The molecule has 0 atom stereocenters. The normalized spacial score (nSPS) is 18.1. The van der Waals surface area contributed by atoms with Crippen molar-refractivity contribution in [3.05, 3.63) is 30.1 Å². The molecule has 1 saturated heterocycles. The Balaban J connectivity index is 2.19. The molecule has 0 saturated carbocycles. The van der Waals surface area contributed by atoms with Crippen molar-refractivity contribution >= 4 is 11.6 Å². The van der Waals surface area contributed by atoms with E-state index in [0.29, 0.717) is 18.7 Å². The van der Waals surface area contributed by atoms with Gasteiger partial charge in [-0.2, -0.15) is 0 Å². The summed E-state index contributed by atoms with van der Waals surface area (Å²) in [5.74, 6) is -0.229. The number of carbonyl (C=O) groups excluding carboxylic acids is 1. The summed E-state index contributed by atoms with van der Waals surface area (Å²) < 4.78 is 13.1. The van der Waals surface area contributed by atoms with E-state index in [0.717, 1.165) is 19.5 Å². The topological polar surface area (TPSA) is 32.3 Å². The monoisotopic (exact) mass is 222 g/mol. The second-order valence-electron chi connectivity index (χ2n) is 3.88. The van der Waals surface area contributed by atoms with Crippen LogP contribution < -0.4 is 10.2 Å². The fourth-order valence-corrected chi connectivity index (χ4v) is 1.86. The van der Waals surface area contributed by atoms with Gasteiger partial charge in [0.1, 0.15) is 5.82 Å². The lowest BCUT2D eigenvalue weighted by Gasteiger charge is -2.25. The lowest BCUT2D eigenvalue weighted by atomic mass is 10.2. The first kappa shape index (κ1) is 11.1. The van der Waals surface area contributed by atoms with E-state index in [1.54, 1.807) is 17.0 Å². The van der Waals surface area contributed by atoms with Gasteiger partial charge < -0.3 is 10.2 Å². The Morgan fingerprint density at radius 1 is 1.31 bits per heavy atom. The molecule has 1 aliphatic heterocycles. The van der Waals surface area contributed by atoms with Gasteiger partial charge in [-0.3, -0.25) is 4.79 Å². The minimum atomic E-state index is -0.305. The Labute approximate surface area is 94.3 Å². The Hall–Kier alpha value is -1.42. The summed E-state index contributed by atoms with van der Waals surface area (Å²) in [6, 6.07) is 6.18. The van der Waals surface area contributed by atoms with Crippen molar-refractivity contribution in [1.82, 2.24) is 5.32 Å². The molecule has 1 aliphatic rings. The van der Waals surface area contributed by atoms with Crippen molar-refractivity contribution in [2.45, 2.75) is 12.8 Å². The summed E-state index contributed by atoms with van der Waals surface area (Å²) in [7, 11) is 0. The summed E-state index contributed by atoms with van der Waals surface area (Å²) >= 11 is 0. The standard InChI is InChI=1S/C12H15FN2O/c13-10-3-1-4-11(9-10)15-8-7-14-6-2-5-12(15)16/h1,3-4,9,14H,2,5-8H2. The van der Waals surface area contributed by atoms with Gasteiger partial charge in [0.25, 0.3) is 0 Å². The van der Waals surface area contributed by atoms with Gasteiger partial charge in [0.05, 0.1) is 0 Å². The van der Waals surface area contributed by atoms with Crippen molar-refractivity contribution in [3.63, 3.8) is 0 Å². The van der Waals surface area contributed by atoms with Crippen LogP contribution in [0.3, 0.4) is 0 Å². The molecule has 0 radical (unpaired) electrons. The SMILES string of the molecule is O=C1CCCNCCN1c1cccc(F)c1. The van der Waals surface area contributed by atoms with Crippen molar-refractivity contribution in [1.29, 1.82) is 0 Å². The summed E-state index contributed by atoms with van der Waals surface area (Å²) in [6.07, 6.45) is 1.36. The third-order valence-electron chi connectivity index (χ3n) is 2.68. The Kier molecular flexibility index (Phi) is 3.51. The van der Waals surface area contributed by atoms with Crippen LogP contribution in [0, 0.1) is 5.82 Å². The highest BCUT2D eigenvalue weighted by Crippen LogP contribution is 2.17. The van der Waals surface area contributed by atoms with E-state index in [4.69, 9.17) is 0 Å². The molecule has 2 rings (SSSR count). The smallest absolute Gasteiger partial charge is 0.227 e. The summed E-state index contributed by atoms with van der Waals surface area (Å²) in [4.78, 5) is 13.5. The van der Waals surface area contributed by atoms with E-state index in [-0.39, 0.29) is 11.7 Å². The molecule has 0 unspecified atom stereocenters. The molecule has 0 spiro atoms. The Morgan fingerprint density at radius 3 is 3.00 bits per heavy atom. The maximum absolute atomic E-state index is 13.1. The number of hydrogen-bond donors (Lipinski definition) is 1. The molecule has 0 aromatic heterocycles. The van der Waals surface area contributed by atoms with E-state index in [1.165, 1.54) is 12.1 Å². The number of benzene rings is 1. The van der Waals surface area contributed by atoms with Crippen LogP contribution in [0.2, 0.25) is 0 Å². The van der Waals surface area contributed by atoms with E-state index in [2.05, 4.69) is 5.32 Å². The molecule has 4 heteroatoms. The van der Waals surface area contributed by atoms with Gasteiger partial charge in [-0.25, -0.2) is 4.39 Å². The highest BCUT2D eigenvalue weighted by atomic mass is 19.1. The van der Waals surface area contributed by atoms with Crippen molar-refractivity contribution < 1.29 is 9.18 Å². The average molecular weight is 222 g/mol. The minimum Gasteiger partial charge on any atom is -0.315 e. The number of halogens is 1. The molecule has 16 heavy (non-hydrogen) atoms. The third-order valence-corrected chi connectivity index (χ3v) is 2.68. The molecular weight excluding hydrogens is 207 g/mol. The van der Waals surface area contributed by atoms with Gasteiger partial charge in [-0.1, -0.05) is 6.07 Å². The van der Waals surface area contributed by atoms with E-state index in [1.807, 2.05) is 0 Å². The second kappa shape index (κ2) is 5.07. The number of hydrogen-bond acceptors (Lipinski definition) is 2. The van der Waals surface area contributed by atoms with Crippen molar-refractivity contribution in [2.24, 2.45) is 0 Å². The Bertz CT molecular complexity index is 381. The molecular formula is C12H15FN2O. The highest BCUT2D eigenvalue weighted by molar-refractivity contribution is 5.93. The number of anilines is 1. The molecule has 1 fully saturated rings. The van der Waals surface area contributed by atoms with Crippen molar-refractivity contribution in [3.8, 4) is 0 Å². The molecule has 1 heterocycles. The lowest BCUT2D eigenvalue weighted by Crippen LogP contribution is -2.39. The predicted molar refractivity (Wildman–Crippen MR) is 60.9 cm³/mol. The van der Waals surface area contributed by atoms with Crippen molar-refractivity contribution in [2.75, 3.05) is 24.5 Å². The van der Waals surface area contributed by atoms with Crippen LogP contribution in [-0.2, 0) is 4.79 Å². The molecule has 1 aromatic rings. The quantitative estimate of drug-likeness (QED) is 0.781. The number of nitrogens with one attached hydrogen (secondary N) is 1.